The summed E-state index contributed by atoms with van der Waals surface area (Å²) in [5.41, 5.74) is 8.23. The molecule has 1 fully saturated rings. The number of hydrogen-bond donors (Lipinski definition) is 2. The van der Waals surface area contributed by atoms with Crippen molar-refractivity contribution in [1.29, 1.82) is 0 Å². The molecule has 1 aliphatic rings. The first-order valence-corrected chi connectivity index (χ1v) is 7.42. The fourth-order valence-corrected chi connectivity index (χ4v) is 2.79. The van der Waals surface area contributed by atoms with Gasteiger partial charge in [0.1, 0.15) is 5.82 Å². The Labute approximate surface area is 125 Å². The number of hydrogen-bond acceptors (Lipinski definition) is 5. The lowest BCUT2D eigenvalue weighted by atomic mass is 10.0. The average molecular weight is 283 g/mol. The van der Waals surface area contributed by atoms with Gasteiger partial charge in [-0.05, 0) is 12.0 Å². The standard InChI is InChI=1S/C16H21N5/c1-2-12-10-19-16(17)20-15(12)21-9-8-18-14(11-21)13-6-4-3-5-7-13/h3-7,10,14,18H,2,8-9,11H2,1H3,(H2,17,19,20). The van der Waals surface area contributed by atoms with Crippen LogP contribution in [-0.2, 0) is 6.42 Å². The Kier molecular flexibility index (Phi) is 4.01. The van der Waals surface area contributed by atoms with Crippen LogP contribution >= 0.6 is 0 Å². The van der Waals surface area contributed by atoms with E-state index in [4.69, 9.17) is 5.73 Å². The molecule has 1 saturated heterocycles. The number of aromatic nitrogens is 2. The maximum absolute atomic E-state index is 5.77. The monoisotopic (exact) mass is 283 g/mol. The predicted octanol–water partition coefficient (Wildman–Crippen LogP) is 1.77. The maximum atomic E-state index is 5.77. The smallest absolute Gasteiger partial charge is 0.221 e. The number of nitrogens with one attached hydrogen (secondary N) is 1. The van der Waals surface area contributed by atoms with Crippen LogP contribution in [0.15, 0.2) is 36.5 Å². The number of anilines is 2. The van der Waals surface area contributed by atoms with Crippen LogP contribution in [-0.4, -0.2) is 29.6 Å². The Balaban J connectivity index is 1.85. The first kappa shape index (κ1) is 13.8. The molecule has 1 aromatic carbocycles. The van der Waals surface area contributed by atoms with Gasteiger partial charge in [0.2, 0.25) is 5.95 Å². The molecule has 5 heteroatoms. The SMILES string of the molecule is CCc1cnc(N)nc1N1CCNC(c2ccccc2)C1. The second-order valence-electron chi connectivity index (χ2n) is 5.29. The molecule has 110 valence electrons. The molecule has 0 aliphatic carbocycles. The minimum atomic E-state index is 0.320. The minimum absolute atomic E-state index is 0.320. The molecule has 0 spiro atoms. The first-order valence-electron chi connectivity index (χ1n) is 7.42. The first-order chi connectivity index (χ1) is 10.3. The summed E-state index contributed by atoms with van der Waals surface area (Å²) in [5.74, 6) is 1.32. The third-order valence-corrected chi connectivity index (χ3v) is 3.92. The van der Waals surface area contributed by atoms with Crippen LogP contribution in [0.5, 0.6) is 0 Å². The molecule has 21 heavy (non-hydrogen) atoms. The Morgan fingerprint density at radius 3 is 2.90 bits per heavy atom. The molecule has 0 bridgehead atoms. The summed E-state index contributed by atoms with van der Waals surface area (Å²) in [6, 6.07) is 10.9. The second-order valence-corrected chi connectivity index (χ2v) is 5.29. The molecule has 0 saturated carbocycles. The number of rotatable bonds is 3. The lowest BCUT2D eigenvalue weighted by Gasteiger charge is -2.35. The summed E-state index contributed by atoms with van der Waals surface area (Å²) < 4.78 is 0. The van der Waals surface area contributed by atoms with Gasteiger partial charge in [-0.2, -0.15) is 4.98 Å². The van der Waals surface area contributed by atoms with E-state index < -0.39 is 0 Å². The van der Waals surface area contributed by atoms with Gasteiger partial charge in [0.25, 0.3) is 0 Å². The van der Waals surface area contributed by atoms with Crippen molar-refractivity contribution >= 4 is 11.8 Å². The van der Waals surface area contributed by atoms with Crippen molar-refractivity contribution in [1.82, 2.24) is 15.3 Å². The normalized spacial score (nSPS) is 18.7. The number of aryl methyl sites for hydroxylation is 1. The number of piperazine rings is 1. The van der Waals surface area contributed by atoms with E-state index in [0.717, 1.165) is 37.4 Å². The van der Waals surface area contributed by atoms with Crippen molar-refractivity contribution in [3.63, 3.8) is 0 Å². The van der Waals surface area contributed by atoms with E-state index in [1.807, 2.05) is 12.3 Å². The van der Waals surface area contributed by atoms with Crippen LogP contribution in [0.1, 0.15) is 24.1 Å². The fourth-order valence-electron chi connectivity index (χ4n) is 2.79. The van der Waals surface area contributed by atoms with Crippen molar-refractivity contribution in [2.45, 2.75) is 19.4 Å². The average Bonchev–Trinajstić information content (AvgIpc) is 2.56. The van der Waals surface area contributed by atoms with Crippen LogP contribution in [0.3, 0.4) is 0 Å². The van der Waals surface area contributed by atoms with E-state index in [2.05, 4.69) is 51.4 Å². The molecular weight excluding hydrogens is 262 g/mol. The van der Waals surface area contributed by atoms with Crippen LogP contribution in [0, 0.1) is 0 Å². The lowest BCUT2D eigenvalue weighted by Crippen LogP contribution is -2.46. The largest absolute Gasteiger partial charge is 0.368 e. The summed E-state index contributed by atoms with van der Waals surface area (Å²) in [5, 5.41) is 3.57. The van der Waals surface area contributed by atoms with Gasteiger partial charge in [0, 0.05) is 37.4 Å². The van der Waals surface area contributed by atoms with Gasteiger partial charge in [-0.15, -0.1) is 0 Å². The third kappa shape index (κ3) is 2.97. The highest BCUT2D eigenvalue weighted by molar-refractivity contribution is 5.49. The summed E-state index contributed by atoms with van der Waals surface area (Å²) in [6.07, 6.45) is 2.76. The minimum Gasteiger partial charge on any atom is -0.368 e. The number of nitrogen functional groups attached to an aromatic ring is 1. The van der Waals surface area contributed by atoms with Crippen LogP contribution < -0.4 is 16.0 Å². The van der Waals surface area contributed by atoms with Gasteiger partial charge in [-0.3, -0.25) is 0 Å². The molecule has 1 atom stereocenters. The van der Waals surface area contributed by atoms with Gasteiger partial charge in [-0.1, -0.05) is 37.3 Å². The molecule has 0 radical (unpaired) electrons. The zero-order chi connectivity index (χ0) is 14.7. The van der Waals surface area contributed by atoms with Gasteiger partial charge in [-0.25, -0.2) is 4.98 Å². The van der Waals surface area contributed by atoms with E-state index in [9.17, 15) is 0 Å². The van der Waals surface area contributed by atoms with Crippen molar-refractivity contribution in [3.8, 4) is 0 Å². The molecular formula is C16H21N5. The zero-order valence-electron chi connectivity index (χ0n) is 12.3. The maximum Gasteiger partial charge on any atom is 0.221 e. The van der Waals surface area contributed by atoms with Gasteiger partial charge >= 0.3 is 0 Å². The van der Waals surface area contributed by atoms with Crippen molar-refractivity contribution < 1.29 is 0 Å². The fraction of sp³-hybridized carbons (Fsp3) is 0.375. The second kappa shape index (κ2) is 6.10. The highest BCUT2D eigenvalue weighted by Gasteiger charge is 2.23. The molecule has 3 rings (SSSR count). The van der Waals surface area contributed by atoms with Gasteiger partial charge < -0.3 is 16.0 Å². The molecule has 1 aromatic heterocycles. The van der Waals surface area contributed by atoms with E-state index in [1.165, 1.54) is 5.56 Å². The summed E-state index contributed by atoms with van der Waals surface area (Å²) in [6.45, 7) is 4.89. The molecule has 2 heterocycles. The Bertz CT molecular complexity index is 599. The highest BCUT2D eigenvalue weighted by Crippen LogP contribution is 2.24. The topological polar surface area (TPSA) is 67.1 Å². The van der Waals surface area contributed by atoms with Crippen LogP contribution in [0.2, 0.25) is 0 Å². The molecule has 5 nitrogen and oxygen atoms in total. The predicted molar refractivity (Wildman–Crippen MR) is 85.2 cm³/mol. The van der Waals surface area contributed by atoms with Crippen molar-refractivity contribution in [2.75, 3.05) is 30.3 Å². The number of benzene rings is 1. The van der Waals surface area contributed by atoms with E-state index in [1.54, 1.807) is 0 Å². The highest BCUT2D eigenvalue weighted by atomic mass is 15.3. The number of nitrogens with two attached hydrogens (primary N) is 1. The molecule has 0 amide bonds. The van der Waals surface area contributed by atoms with Crippen LogP contribution in [0.25, 0.3) is 0 Å². The van der Waals surface area contributed by atoms with E-state index in [-0.39, 0.29) is 0 Å². The summed E-state index contributed by atoms with van der Waals surface area (Å²) in [7, 11) is 0. The van der Waals surface area contributed by atoms with E-state index in [0.29, 0.717) is 12.0 Å². The Hall–Kier alpha value is -2.14. The third-order valence-electron chi connectivity index (χ3n) is 3.92. The molecule has 1 unspecified atom stereocenters. The molecule has 3 N–H and O–H groups in total. The van der Waals surface area contributed by atoms with Crippen LogP contribution in [0.4, 0.5) is 11.8 Å². The Morgan fingerprint density at radius 2 is 2.14 bits per heavy atom. The Morgan fingerprint density at radius 1 is 1.33 bits per heavy atom. The number of nitrogens with zero attached hydrogens (tertiary/aromatic N) is 3. The molecule has 2 aromatic rings. The van der Waals surface area contributed by atoms with Gasteiger partial charge in [0.05, 0.1) is 0 Å². The summed E-state index contributed by atoms with van der Waals surface area (Å²) in [4.78, 5) is 10.9. The van der Waals surface area contributed by atoms with E-state index >= 15 is 0 Å². The zero-order valence-corrected chi connectivity index (χ0v) is 12.3. The van der Waals surface area contributed by atoms with Crippen molar-refractivity contribution in [3.05, 3.63) is 47.7 Å². The van der Waals surface area contributed by atoms with Gasteiger partial charge in [0.15, 0.2) is 0 Å². The summed E-state index contributed by atoms with van der Waals surface area (Å²) >= 11 is 0. The lowest BCUT2D eigenvalue weighted by molar-refractivity contribution is 0.469. The van der Waals surface area contributed by atoms with Crippen molar-refractivity contribution in [2.24, 2.45) is 0 Å². The molecule has 1 aliphatic heterocycles. The quantitative estimate of drug-likeness (QED) is 0.898.